The van der Waals surface area contributed by atoms with Gasteiger partial charge in [0.1, 0.15) is 0 Å². The Morgan fingerprint density at radius 3 is 2.06 bits per heavy atom. The molecule has 0 aliphatic carbocycles. The summed E-state index contributed by atoms with van der Waals surface area (Å²) in [5, 5.41) is 0. The number of hydrogen-bond acceptors (Lipinski definition) is 0. The first-order valence-corrected chi connectivity index (χ1v) is 5.97. The fourth-order valence-electron chi connectivity index (χ4n) is 2.12. The lowest BCUT2D eigenvalue weighted by molar-refractivity contribution is 1.18. The summed E-state index contributed by atoms with van der Waals surface area (Å²) in [5.74, 6) is 0. The lowest BCUT2D eigenvalue weighted by atomic mass is 9.94. The Balaban J connectivity index is 2.25. The zero-order valence-electron chi connectivity index (χ0n) is 10.5. The van der Waals surface area contributed by atoms with E-state index in [2.05, 4.69) is 62.9 Å². The summed E-state index contributed by atoms with van der Waals surface area (Å²) < 4.78 is 0. The van der Waals surface area contributed by atoms with Crippen LogP contribution in [0.15, 0.2) is 55.1 Å². The van der Waals surface area contributed by atoms with Gasteiger partial charge in [0.15, 0.2) is 0 Å². The molecule has 17 heavy (non-hydrogen) atoms. The number of allylic oxidation sites excluding steroid dienone is 1. The molecule has 0 bridgehead atoms. The van der Waals surface area contributed by atoms with Gasteiger partial charge >= 0.3 is 0 Å². The number of rotatable bonds is 3. The fourth-order valence-corrected chi connectivity index (χ4v) is 2.12. The minimum Gasteiger partial charge on any atom is -0.0949 e. The molecule has 0 radical (unpaired) electrons. The van der Waals surface area contributed by atoms with Gasteiger partial charge in [-0.3, -0.25) is 0 Å². The highest BCUT2D eigenvalue weighted by Crippen LogP contribution is 2.22. The van der Waals surface area contributed by atoms with Crippen LogP contribution >= 0.6 is 0 Å². The predicted octanol–water partition coefficient (Wildman–Crippen LogP) is 4.56. The molecule has 0 saturated heterocycles. The normalized spacial score (nSPS) is 10.2. The van der Waals surface area contributed by atoms with Crippen LogP contribution in [-0.2, 0) is 6.42 Å². The third-order valence-corrected chi connectivity index (χ3v) is 3.22. The van der Waals surface area contributed by atoms with Gasteiger partial charge in [0, 0.05) is 0 Å². The first kappa shape index (κ1) is 11.7. The van der Waals surface area contributed by atoms with Crippen LogP contribution < -0.4 is 0 Å². The molecule has 0 saturated carbocycles. The van der Waals surface area contributed by atoms with Gasteiger partial charge in [0.25, 0.3) is 0 Å². The smallest absolute Gasteiger partial charge is 0.00205 e. The summed E-state index contributed by atoms with van der Waals surface area (Å²) in [6, 6.07) is 16.8. The largest absolute Gasteiger partial charge is 0.0949 e. The molecule has 0 N–H and O–H groups in total. The van der Waals surface area contributed by atoms with E-state index in [0.717, 1.165) is 6.42 Å². The highest BCUT2D eigenvalue weighted by atomic mass is 14.1. The molecule has 2 aromatic carbocycles. The Labute approximate surface area is 104 Å². The van der Waals surface area contributed by atoms with Crippen molar-refractivity contribution in [3.63, 3.8) is 0 Å². The summed E-state index contributed by atoms with van der Waals surface area (Å²) in [6.45, 7) is 8.54. The van der Waals surface area contributed by atoms with E-state index in [0.29, 0.717) is 0 Å². The summed E-state index contributed by atoms with van der Waals surface area (Å²) >= 11 is 0. The zero-order valence-corrected chi connectivity index (χ0v) is 10.5. The van der Waals surface area contributed by atoms with Crippen LogP contribution in [0.25, 0.3) is 5.57 Å². The molecule has 2 rings (SSSR count). The second-order valence-electron chi connectivity index (χ2n) is 4.52. The van der Waals surface area contributed by atoms with Crippen LogP contribution in [0.1, 0.15) is 22.3 Å². The molecule has 2 aromatic rings. The minimum atomic E-state index is 0.933. The molecule has 0 aromatic heterocycles. The SMILES string of the molecule is C=C(Cc1c(C)cccc1C)c1ccccc1. The summed E-state index contributed by atoms with van der Waals surface area (Å²) in [4.78, 5) is 0. The second-order valence-corrected chi connectivity index (χ2v) is 4.52. The van der Waals surface area contributed by atoms with Crippen LogP contribution in [0.4, 0.5) is 0 Å². The average Bonchev–Trinajstić information content (AvgIpc) is 2.35. The second kappa shape index (κ2) is 5.01. The van der Waals surface area contributed by atoms with Gasteiger partial charge in [-0.15, -0.1) is 0 Å². The summed E-state index contributed by atoms with van der Waals surface area (Å²) in [6.07, 6.45) is 0.933. The van der Waals surface area contributed by atoms with Gasteiger partial charge in [0.05, 0.1) is 0 Å². The first-order valence-electron chi connectivity index (χ1n) is 5.97. The Bertz CT molecular complexity index is 501. The van der Waals surface area contributed by atoms with E-state index in [9.17, 15) is 0 Å². The zero-order chi connectivity index (χ0) is 12.3. The summed E-state index contributed by atoms with van der Waals surface area (Å²) in [5.41, 5.74) is 6.52. The predicted molar refractivity (Wildman–Crippen MR) is 75.1 cm³/mol. The van der Waals surface area contributed by atoms with Crippen molar-refractivity contribution in [3.8, 4) is 0 Å². The highest BCUT2D eigenvalue weighted by molar-refractivity contribution is 5.66. The molecule has 0 nitrogen and oxygen atoms in total. The van der Waals surface area contributed by atoms with Crippen molar-refractivity contribution in [1.82, 2.24) is 0 Å². The quantitative estimate of drug-likeness (QED) is 0.714. The molecule has 0 spiro atoms. The van der Waals surface area contributed by atoms with E-state index in [-0.39, 0.29) is 0 Å². The Hall–Kier alpha value is -1.82. The third kappa shape index (κ3) is 2.65. The van der Waals surface area contributed by atoms with E-state index in [1.54, 1.807) is 0 Å². The van der Waals surface area contributed by atoms with Crippen LogP contribution in [0, 0.1) is 13.8 Å². The van der Waals surface area contributed by atoms with Gasteiger partial charge < -0.3 is 0 Å². The molecule has 86 valence electrons. The van der Waals surface area contributed by atoms with Crippen molar-refractivity contribution >= 4 is 5.57 Å². The van der Waals surface area contributed by atoms with E-state index >= 15 is 0 Å². The topological polar surface area (TPSA) is 0 Å². The summed E-state index contributed by atoms with van der Waals surface area (Å²) in [7, 11) is 0. The van der Waals surface area contributed by atoms with Crippen molar-refractivity contribution in [3.05, 3.63) is 77.4 Å². The van der Waals surface area contributed by atoms with E-state index < -0.39 is 0 Å². The monoisotopic (exact) mass is 222 g/mol. The van der Waals surface area contributed by atoms with Crippen molar-refractivity contribution in [1.29, 1.82) is 0 Å². The van der Waals surface area contributed by atoms with E-state index in [1.165, 1.54) is 27.8 Å². The molecular weight excluding hydrogens is 204 g/mol. The maximum atomic E-state index is 4.20. The number of benzene rings is 2. The molecule has 0 fully saturated rings. The molecule has 0 heterocycles. The average molecular weight is 222 g/mol. The van der Waals surface area contributed by atoms with Crippen molar-refractivity contribution in [2.24, 2.45) is 0 Å². The van der Waals surface area contributed by atoms with Crippen LogP contribution in [0.2, 0.25) is 0 Å². The minimum absolute atomic E-state index is 0.933. The number of hydrogen-bond donors (Lipinski definition) is 0. The highest BCUT2D eigenvalue weighted by Gasteiger charge is 2.05. The van der Waals surface area contributed by atoms with Gasteiger partial charge in [-0.1, -0.05) is 55.1 Å². The Kier molecular flexibility index (Phi) is 3.43. The maximum Gasteiger partial charge on any atom is -0.00205 e. The Morgan fingerprint density at radius 1 is 0.882 bits per heavy atom. The lowest BCUT2D eigenvalue weighted by Gasteiger charge is -2.11. The van der Waals surface area contributed by atoms with Crippen LogP contribution in [0.3, 0.4) is 0 Å². The van der Waals surface area contributed by atoms with Gasteiger partial charge in [-0.05, 0) is 48.1 Å². The van der Waals surface area contributed by atoms with E-state index in [4.69, 9.17) is 0 Å². The molecule has 0 amide bonds. The van der Waals surface area contributed by atoms with E-state index in [1.807, 2.05) is 6.07 Å². The molecule has 0 aliphatic rings. The van der Waals surface area contributed by atoms with Gasteiger partial charge in [-0.25, -0.2) is 0 Å². The van der Waals surface area contributed by atoms with Gasteiger partial charge in [-0.2, -0.15) is 0 Å². The molecule has 0 heteroatoms. The van der Waals surface area contributed by atoms with Crippen molar-refractivity contribution in [2.75, 3.05) is 0 Å². The standard InChI is InChI=1S/C17H18/c1-13-8-7-9-14(2)17(13)12-15(3)16-10-5-4-6-11-16/h4-11H,3,12H2,1-2H3. The van der Waals surface area contributed by atoms with Crippen molar-refractivity contribution < 1.29 is 0 Å². The van der Waals surface area contributed by atoms with Crippen molar-refractivity contribution in [2.45, 2.75) is 20.3 Å². The maximum absolute atomic E-state index is 4.20. The lowest BCUT2D eigenvalue weighted by Crippen LogP contribution is -1.95. The molecule has 0 unspecified atom stereocenters. The fraction of sp³-hybridized carbons (Fsp3) is 0.176. The molecular formula is C17H18. The number of aryl methyl sites for hydroxylation is 2. The Morgan fingerprint density at radius 2 is 1.47 bits per heavy atom. The molecule has 0 atom stereocenters. The van der Waals surface area contributed by atoms with Crippen LogP contribution in [-0.4, -0.2) is 0 Å². The van der Waals surface area contributed by atoms with Gasteiger partial charge in [0.2, 0.25) is 0 Å². The third-order valence-electron chi connectivity index (χ3n) is 3.22. The van der Waals surface area contributed by atoms with Crippen LogP contribution in [0.5, 0.6) is 0 Å². The molecule has 0 aliphatic heterocycles. The first-order chi connectivity index (χ1) is 8.18.